The Balaban J connectivity index is -0.000000000238. The summed E-state index contributed by atoms with van der Waals surface area (Å²) in [4.78, 5) is 0. The third kappa shape index (κ3) is 484. The Bertz CT molecular complexity index is 13.0. The number of rotatable bonds is 0. The molecule has 0 heterocycles. The second-order valence-electron chi connectivity index (χ2n) is 0. The predicted molar refractivity (Wildman–Crippen MR) is 25.6 cm³/mol. The van der Waals surface area contributed by atoms with Crippen molar-refractivity contribution >= 4 is 7.72 Å². The first-order valence-corrected chi connectivity index (χ1v) is 0.236. The molecule has 0 aromatic rings. The molecule has 8 heteroatoms. The summed E-state index contributed by atoms with van der Waals surface area (Å²) < 4.78 is 7.75. The molecule has 0 amide bonds. The summed E-state index contributed by atoms with van der Waals surface area (Å²) in [6, 6.07) is 0. The molecule has 51 valence electrons. The molecule has 1 radical (unpaired) electrons. The van der Waals surface area contributed by atoms with Crippen LogP contribution < -0.4 is 29.6 Å². The van der Waals surface area contributed by atoms with Gasteiger partial charge in [0.15, 0.2) is 0 Å². The van der Waals surface area contributed by atoms with Crippen LogP contribution in [0.4, 0.5) is 0 Å². The Labute approximate surface area is 71.0 Å². The zero-order valence-corrected chi connectivity index (χ0v) is 6.49. The van der Waals surface area contributed by atoms with E-state index in [1.165, 1.54) is 0 Å². The third-order valence-corrected chi connectivity index (χ3v) is 0. The van der Waals surface area contributed by atoms with Crippen molar-refractivity contribution in [2.75, 3.05) is 0 Å². The van der Waals surface area contributed by atoms with Gasteiger partial charge in [0.05, 0.1) is 0 Å². The van der Waals surface area contributed by atoms with E-state index in [0.717, 1.165) is 0 Å². The molecule has 0 saturated carbocycles. The normalized spacial score (nSPS) is 0.375. The predicted octanol–water partition coefficient (Wildman–Crippen LogP) is -7.51. The first kappa shape index (κ1) is 184. The number of hydrogen-bond acceptors (Lipinski definition) is 1. The summed E-state index contributed by atoms with van der Waals surface area (Å²) >= 11 is 0. The molecule has 6 nitrogen and oxygen atoms in total. The second-order valence-corrected chi connectivity index (χ2v) is 0. The average Bonchev–Trinajstić information content (AvgIpc) is 1.00. The molecule has 8 heavy (non-hydrogen) atoms. The molecule has 0 fully saturated rings. The van der Waals surface area contributed by atoms with E-state index in [1.807, 2.05) is 0 Å². The molecule has 0 rings (SSSR count). The van der Waals surface area contributed by atoms with Crippen LogP contribution in [0, 0.1) is 0 Å². The summed E-state index contributed by atoms with van der Waals surface area (Å²) in [7, 11) is 3.25. The molecule has 0 aliphatic heterocycles. The minimum absolute atomic E-state index is 0. The molecule has 0 bridgehead atoms. The van der Waals surface area contributed by atoms with Crippen molar-refractivity contribution < 1.29 is 63.1 Å². The van der Waals surface area contributed by atoms with Crippen molar-refractivity contribution in [3.8, 4) is 0 Å². The fourth-order valence-corrected chi connectivity index (χ4v) is 0. The molecule has 0 aromatic carbocycles. The van der Waals surface area contributed by atoms with Gasteiger partial charge in [-0.2, -0.15) is 0 Å². The Kier molecular flexibility index (Phi) is 17700. The Morgan fingerprint density at radius 2 is 0.750 bits per heavy atom. The molecule has 0 aliphatic rings. The molecular weight excluding hydrogens is 130 g/mol. The van der Waals surface area contributed by atoms with Crippen molar-refractivity contribution in [2.24, 2.45) is 0 Å². The summed E-state index contributed by atoms with van der Waals surface area (Å²) in [5, 5.41) is 0. The molecule has 0 saturated heterocycles. The van der Waals surface area contributed by atoms with Crippen molar-refractivity contribution in [3.63, 3.8) is 0 Å². The van der Waals surface area contributed by atoms with E-state index in [-0.39, 0.29) is 58.4 Å². The largest absolute Gasteiger partial charge is 1.00 e. The van der Waals surface area contributed by atoms with Crippen LogP contribution in [0.2, 0.25) is 0 Å². The molecular formula is H11BNaO6. The van der Waals surface area contributed by atoms with E-state index in [4.69, 9.17) is 4.70 Å². The Morgan fingerprint density at radius 3 is 0.750 bits per heavy atom. The second kappa shape index (κ2) is 770. The van der Waals surface area contributed by atoms with Crippen molar-refractivity contribution in [3.05, 3.63) is 0 Å². The SMILES string of the molecule is O.O.O.O.O.[B]=O.[H-].[Na+]. The van der Waals surface area contributed by atoms with Gasteiger partial charge >= 0.3 is 42.0 Å². The van der Waals surface area contributed by atoms with Crippen LogP contribution in [-0.4, -0.2) is 35.1 Å². The molecule has 0 unspecified atom stereocenters. The minimum Gasteiger partial charge on any atom is -1.00 e. The first-order valence-electron chi connectivity index (χ1n) is 0.236. The zero-order valence-electron chi connectivity index (χ0n) is 5.49. The summed E-state index contributed by atoms with van der Waals surface area (Å²) in [5.41, 5.74) is 0. The van der Waals surface area contributed by atoms with E-state index in [1.54, 1.807) is 0 Å². The molecule has 0 aliphatic carbocycles. The van der Waals surface area contributed by atoms with Crippen LogP contribution in [0.15, 0.2) is 0 Å². The van der Waals surface area contributed by atoms with Gasteiger partial charge < -0.3 is 28.8 Å². The van der Waals surface area contributed by atoms with Gasteiger partial charge in [-0.25, -0.2) is 0 Å². The van der Waals surface area contributed by atoms with Gasteiger partial charge in [0.25, 0.3) is 0 Å². The maximum atomic E-state index is 7.75. The molecule has 10 N–H and O–H groups in total. The van der Waals surface area contributed by atoms with Gasteiger partial charge in [0.1, 0.15) is 0 Å². The standard InChI is InChI=1S/BO.Na.5H2O.H/c1-2;;;;;;;/h;;5*1H2;/q;+1;;;;;;-1. The first-order chi connectivity index (χ1) is 1.00. The summed E-state index contributed by atoms with van der Waals surface area (Å²) in [5.74, 6) is 0. The fourth-order valence-electron chi connectivity index (χ4n) is 0. The van der Waals surface area contributed by atoms with Crippen LogP contribution in [0.3, 0.4) is 0 Å². The van der Waals surface area contributed by atoms with Crippen LogP contribution in [-0.2, 0) is 4.70 Å². The van der Waals surface area contributed by atoms with Crippen molar-refractivity contribution in [1.29, 1.82) is 0 Å². The average molecular weight is 141 g/mol. The van der Waals surface area contributed by atoms with Gasteiger partial charge in [0, 0.05) is 0 Å². The van der Waals surface area contributed by atoms with E-state index in [0.29, 0.717) is 0 Å². The molecule has 0 atom stereocenters. The van der Waals surface area contributed by atoms with Crippen LogP contribution in [0.25, 0.3) is 0 Å². The van der Waals surface area contributed by atoms with Gasteiger partial charge in [-0.15, -0.1) is 0 Å². The maximum Gasteiger partial charge on any atom is 1.00 e. The minimum atomic E-state index is 0. The summed E-state index contributed by atoms with van der Waals surface area (Å²) in [6.07, 6.45) is 0. The topological polar surface area (TPSA) is 175 Å². The monoisotopic (exact) mass is 141 g/mol. The Hall–Kier alpha value is 0.665. The van der Waals surface area contributed by atoms with Crippen molar-refractivity contribution in [1.82, 2.24) is 0 Å². The quantitative estimate of drug-likeness (QED) is 0.299. The number of hydrogen-bond donors (Lipinski definition) is 0. The van der Waals surface area contributed by atoms with Crippen molar-refractivity contribution in [2.45, 2.75) is 0 Å². The smallest absolute Gasteiger partial charge is 1.00 e. The van der Waals surface area contributed by atoms with Gasteiger partial charge in [0.2, 0.25) is 0 Å². The maximum absolute atomic E-state index is 7.75. The van der Waals surface area contributed by atoms with Gasteiger partial charge in [-0.1, -0.05) is 0 Å². The third-order valence-electron chi connectivity index (χ3n) is 0. The van der Waals surface area contributed by atoms with Gasteiger partial charge in [-0.05, 0) is 0 Å². The zero-order chi connectivity index (χ0) is 2.00. The van der Waals surface area contributed by atoms with E-state index in [2.05, 4.69) is 7.72 Å². The van der Waals surface area contributed by atoms with E-state index < -0.39 is 0 Å². The van der Waals surface area contributed by atoms with E-state index >= 15 is 0 Å². The Morgan fingerprint density at radius 1 is 0.750 bits per heavy atom. The van der Waals surface area contributed by atoms with Gasteiger partial charge in [-0.3, -0.25) is 0 Å². The van der Waals surface area contributed by atoms with E-state index in [9.17, 15) is 0 Å². The van der Waals surface area contributed by atoms with Crippen LogP contribution >= 0.6 is 0 Å². The van der Waals surface area contributed by atoms with Crippen LogP contribution in [0.5, 0.6) is 0 Å². The molecule has 0 aromatic heterocycles. The molecule has 0 spiro atoms. The summed E-state index contributed by atoms with van der Waals surface area (Å²) in [6.45, 7) is 0. The fraction of sp³-hybridized carbons (Fsp3) is 0. The van der Waals surface area contributed by atoms with Crippen LogP contribution in [0.1, 0.15) is 1.43 Å².